The Morgan fingerprint density at radius 3 is 2.50 bits per heavy atom. The lowest BCUT2D eigenvalue weighted by Crippen LogP contribution is -2.40. The summed E-state index contributed by atoms with van der Waals surface area (Å²) in [6.07, 6.45) is 0.403. The summed E-state index contributed by atoms with van der Waals surface area (Å²) in [5.41, 5.74) is 0.848. The van der Waals surface area contributed by atoms with Gasteiger partial charge >= 0.3 is 0 Å². The van der Waals surface area contributed by atoms with Crippen LogP contribution in [-0.4, -0.2) is 34.6 Å². The molecule has 7 heteroatoms. The number of rotatable bonds is 4. The predicted molar refractivity (Wildman–Crippen MR) is 92.3 cm³/mol. The number of carbonyl (C=O) groups is 2. The SMILES string of the molecule is Cc1cc(Br)ccc1NC(=O)CN(C)C(=O)C1(C)CC1(Cl)Cl. The maximum Gasteiger partial charge on any atom is 0.243 e. The zero-order chi connectivity index (χ0) is 16.7. The minimum Gasteiger partial charge on any atom is -0.336 e. The van der Waals surface area contributed by atoms with Gasteiger partial charge in [-0.1, -0.05) is 15.9 Å². The summed E-state index contributed by atoms with van der Waals surface area (Å²) in [4.78, 5) is 25.8. The Balaban J connectivity index is 1.96. The number of aryl methyl sites for hydroxylation is 1. The van der Waals surface area contributed by atoms with Crippen LogP contribution in [0.2, 0.25) is 0 Å². The molecule has 0 aromatic heterocycles. The lowest BCUT2D eigenvalue weighted by atomic mass is 10.1. The number of halogens is 3. The molecule has 1 fully saturated rings. The molecule has 0 heterocycles. The molecule has 0 aliphatic heterocycles. The highest BCUT2D eigenvalue weighted by Crippen LogP contribution is 2.64. The molecule has 1 saturated carbocycles. The van der Waals surface area contributed by atoms with Gasteiger partial charge in [0.15, 0.2) is 0 Å². The van der Waals surface area contributed by atoms with E-state index in [1.165, 1.54) is 4.90 Å². The van der Waals surface area contributed by atoms with Gasteiger partial charge < -0.3 is 10.2 Å². The van der Waals surface area contributed by atoms with Crippen molar-refractivity contribution in [3.8, 4) is 0 Å². The highest BCUT2D eigenvalue weighted by molar-refractivity contribution is 9.10. The lowest BCUT2D eigenvalue weighted by Gasteiger charge is -2.22. The largest absolute Gasteiger partial charge is 0.336 e. The van der Waals surface area contributed by atoms with Crippen molar-refractivity contribution in [2.24, 2.45) is 5.41 Å². The highest BCUT2D eigenvalue weighted by atomic mass is 79.9. The van der Waals surface area contributed by atoms with Crippen LogP contribution in [-0.2, 0) is 9.59 Å². The Morgan fingerprint density at radius 2 is 2.00 bits per heavy atom. The number of benzene rings is 1. The van der Waals surface area contributed by atoms with Crippen molar-refractivity contribution in [1.82, 2.24) is 4.90 Å². The maximum absolute atomic E-state index is 12.3. The van der Waals surface area contributed by atoms with Crippen molar-refractivity contribution >= 4 is 56.6 Å². The van der Waals surface area contributed by atoms with E-state index in [4.69, 9.17) is 23.2 Å². The van der Waals surface area contributed by atoms with Gasteiger partial charge in [-0.05, 0) is 44.0 Å². The second-order valence-electron chi connectivity index (χ2n) is 5.88. The molecule has 0 radical (unpaired) electrons. The summed E-state index contributed by atoms with van der Waals surface area (Å²) in [5, 5.41) is 2.80. The van der Waals surface area contributed by atoms with E-state index in [-0.39, 0.29) is 18.4 Å². The molecule has 1 aromatic rings. The summed E-state index contributed by atoms with van der Waals surface area (Å²) >= 11 is 15.4. The molecule has 2 amide bonds. The normalized spacial score (nSPS) is 22.1. The Morgan fingerprint density at radius 1 is 1.41 bits per heavy atom. The monoisotopic (exact) mass is 406 g/mol. The molecule has 22 heavy (non-hydrogen) atoms. The van der Waals surface area contributed by atoms with Crippen molar-refractivity contribution in [2.75, 3.05) is 18.9 Å². The Bertz CT molecular complexity index is 636. The molecule has 120 valence electrons. The standard InChI is InChI=1S/C15H17BrCl2N2O2/c1-9-6-10(16)4-5-11(9)19-12(21)7-20(3)13(22)14(2)8-15(14,17)18/h4-6H,7-8H2,1-3H3,(H,19,21). The highest BCUT2D eigenvalue weighted by Gasteiger charge is 2.68. The molecule has 1 aliphatic rings. The van der Waals surface area contributed by atoms with E-state index in [0.717, 1.165) is 15.7 Å². The van der Waals surface area contributed by atoms with Crippen LogP contribution in [0.25, 0.3) is 0 Å². The average molecular weight is 408 g/mol. The van der Waals surface area contributed by atoms with Crippen molar-refractivity contribution in [2.45, 2.75) is 24.6 Å². The third-order valence-corrected chi connectivity index (χ3v) is 5.51. The Labute approximate surface area is 148 Å². The zero-order valence-electron chi connectivity index (χ0n) is 12.5. The van der Waals surface area contributed by atoms with Crippen molar-refractivity contribution in [3.63, 3.8) is 0 Å². The van der Waals surface area contributed by atoms with Crippen molar-refractivity contribution in [3.05, 3.63) is 28.2 Å². The second-order valence-corrected chi connectivity index (χ2v) is 8.28. The molecule has 0 saturated heterocycles. The molecule has 1 N–H and O–H groups in total. The van der Waals surface area contributed by atoms with Crippen LogP contribution < -0.4 is 5.32 Å². The zero-order valence-corrected chi connectivity index (χ0v) is 15.6. The van der Waals surface area contributed by atoms with Crippen LogP contribution in [0.15, 0.2) is 22.7 Å². The molecule has 1 aromatic carbocycles. The van der Waals surface area contributed by atoms with E-state index in [1.807, 2.05) is 25.1 Å². The predicted octanol–water partition coefficient (Wildman–Crippen LogP) is 3.74. The van der Waals surface area contributed by atoms with Crippen LogP contribution in [0.3, 0.4) is 0 Å². The van der Waals surface area contributed by atoms with Gasteiger partial charge in [-0.15, -0.1) is 23.2 Å². The van der Waals surface area contributed by atoms with Crippen LogP contribution >= 0.6 is 39.1 Å². The summed E-state index contributed by atoms with van der Waals surface area (Å²) in [5.74, 6) is -0.486. The first kappa shape index (κ1) is 17.6. The number of nitrogens with zero attached hydrogens (tertiary/aromatic N) is 1. The number of hydrogen-bond donors (Lipinski definition) is 1. The minimum absolute atomic E-state index is 0.0478. The number of carbonyl (C=O) groups excluding carboxylic acids is 2. The minimum atomic E-state index is -1.03. The van der Waals surface area contributed by atoms with Gasteiger partial charge in [0.2, 0.25) is 11.8 Å². The van der Waals surface area contributed by atoms with E-state index >= 15 is 0 Å². The van der Waals surface area contributed by atoms with Gasteiger partial charge in [0.25, 0.3) is 0 Å². The first-order chi connectivity index (χ1) is 10.1. The molecule has 4 nitrogen and oxygen atoms in total. The number of hydrogen-bond acceptors (Lipinski definition) is 2. The number of likely N-dealkylation sites (N-methyl/N-ethyl adjacent to an activating group) is 1. The molecule has 0 spiro atoms. The third kappa shape index (κ3) is 3.42. The van der Waals surface area contributed by atoms with E-state index < -0.39 is 9.75 Å². The first-order valence-electron chi connectivity index (χ1n) is 6.76. The van der Waals surface area contributed by atoms with Crippen LogP contribution in [0.4, 0.5) is 5.69 Å². The summed E-state index contributed by atoms with van der Waals surface area (Å²) in [6.45, 7) is 3.56. The van der Waals surface area contributed by atoms with Gasteiger partial charge in [0.1, 0.15) is 4.33 Å². The quantitative estimate of drug-likeness (QED) is 0.773. The van der Waals surface area contributed by atoms with Crippen LogP contribution in [0.1, 0.15) is 18.9 Å². The van der Waals surface area contributed by atoms with Gasteiger partial charge in [0.05, 0.1) is 12.0 Å². The van der Waals surface area contributed by atoms with E-state index in [1.54, 1.807) is 14.0 Å². The summed E-state index contributed by atoms with van der Waals surface area (Å²) in [6, 6.07) is 5.56. The van der Waals surface area contributed by atoms with Crippen LogP contribution in [0, 0.1) is 12.3 Å². The van der Waals surface area contributed by atoms with Crippen molar-refractivity contribution < 1.29 is 9.59 Å². The fourth-order valence-electron chi connectivity index (χ4n) is 2.30. The molecule has 2 rings (SSSR count). The van der Waals surface area contributed by atoms with E-state index in [9.17, 15) is 9.59 Å². The lowest BCUT2D eigenvalue weighted by molar-refractivity contribution is -0.137. The fraction of sp³-hybridized carbons (Fsp3) is 0.467. The Hall–Kier alpha value is -0.780. The molecule has 1 unspecified atom stereocenters. The summed E-state index contributed by atoms with van der Waals surface area (Å²) < 4.78 is -0.0885. The molecular weight excluding hydrogens is 391 g/mol. The smallest absolute Gasteiger partial charge is 0.243 e. The second kappa shape index (κ2) is 6.02. The van der Waals surface area contributed by atoms with Gasteiger partial charge in [0, 0.05) is 17.2 Å². The molecule has 1 atom stereocenters. The van der Waals surface area contributed by atoms with Crippen LogP contribution in [0.5, 0.6) is 0 Å². The fourth-order valence-corrected chi connectivity index (χ4v) is 3.47. The Kier molecular flexibility index (Phi) is 4.81. The average Bonchev–Trinajstić information content (AvgIpc) is 2.92. The molecule has 0 bridgehead atoms. The summed E-state index contributed by atoms with van der Waals surface area (Å²) in [7, 11) is 1.57. The molecule has 1 aliphatic carbocycles. The number of anilines is 1. The maximum atomic E-state index is 12.3. The van der Waals surface area contributed by atoms with Gasteiger partial charge in [-0.25, -0.2) is 0 Å². The first-order valence-corrected chi connectivity index (χ1v) is 8.31. The third-order valence-electron chi connectivity index (χ3n) is 3.92. The number of nitrogens with one attached hydrogen (secondary N) is 1. The van der Waals surface area contributed by atoms with Gasteiger partial charge in [-0.2, -0.15) is 0 Å². The topological polar surface area (TPSA) is 49.4 Å². The van der Waals surface area contributed by atoms with E-state index in [2.05, 4.69) is 21.2 Å². The van der Waals surface area contributed by atoms with E-state index in [0.29, 0.717) is 6.42 Å². The van der Waals surface area contributed by atoms with Crippen molar-refractivity contribution in [1.29, 1.82) is 0 Å². The molecular formula is C15H17BrCl2N2O2. The number of alkyl halides is 2. The number of amides is 2. The van der Waals surface area contributed by atoms with Gasteiger partial charge in [-0.3, -0.25) is 9.59 Å².